The van der Waals surface area contributed by atoms with E-state index in [0.717, 1.165) is 18.5 Å². The fraction of sp³-hybridized carbons (Fsp3) is 0.333. The topological polar surface area (TPSA) is 3.24 Å². The fourth-order valence-electron chi connectivity index (χ4n) is 0.966. The molecule has 0 bridgehead atoms. The van der Waals surface area contributed by atoms with Crippen LogP contribution in [-0.4, -0.2) is 25.5 Å². The maximum absolute atomic E-state index is 3.14. The van der Waals surface area contributed by atoms with Gasteiger partial charge in [0.1, 0.15) is 0 Å². The van der Waals surface area contributed by atoms with Crippen LogP contribution in [0.15, 0.2) is 30.3 Å². The zero-order valence-corrected chi connectivity index (χ0v) is 8.25. The normalized spacial score (nSPS) is 9.46. The quantitative estimate of drug-likeness (QED) is 0.618. The smallest absolute Gasteiger partial charge is 0.0245 e. The first kappa shape index (κ1) is 9.83. The number of nitrogens with zero attached hydrogens (tertiary/aromatic N) is 1. The van der Waals surface area contributed by atoms with Gasteiger partial charge in [0, 0.05) is 18.5 Å². The molecular weight excluding hydrogens is 158 g/mol. The van der Waals surface area contributed by atoms with Crippen LogP contribution in [0.1, 0.15) is 12.0 Å². The lowest BCUT2D eigenvalue weighted by Gasteiger charge is -2.04. The average molecular weight is 173 g/mol. The minimum atomic E-state index is 0.932. The van der Waals surface area contributed by atoms with E-state index in [2.05, 4.69) is 30.8 Å². The minimum Gasteiger partial charge on any atom is -0.308 e. The van der Waals surface area contributed by atoms with E-state index in [0.29, 0.717) is 0 Å². The number of hydrogen-bond donors (Lipinski definition) is 0. The summed E-state index contributed by atoms with van der Waals surface area (Å²) in [6, 6.07) is 10.1. The molecule has 68 valence electrons. The maximum atomic E-state index is 3.14. The first-order chi connectivity index (χ1) is 6.29. The Morgan fingerprint density at radius 3 is 2.46 bits per heavy atom. The summed E-state index contributed by atoms with van der Waals surface area (Å²) in [7, 11) is 4.12. The first-order valence-corrected chi connectivity index (χ1v) is 4.47. The highest BCUT2D eigenvalue weighted by Crippen LogP contribution is 1.94. The molecule has 0 saturated carbocycles. The third kappa shape index (κ3) is 4.35. The Kier molecular flexibility index (Phi) is 4.08. The van der Waals surface area contributed by atoms with Crippen LogP contribution in [0.3, 0.4) is 0 Å². The molecule has 0 aliphatic rings. The maximum Gasteiger partial charge on any atom is 0.0245 e. The highest BCUT2D eigenvalue weighted by molar-refractivity contribution is 5.33. The van der Waals surface area contributed by atoms with E-state index in [9.17, 15) is 0 Å². The summed E-state index contributed by atoms with van der Waals surface area (Å²) in [5.74, 6) is 6.26. The van der Waals surface area contributed by atoms with Gasteiger partial charge in [0.25, 0.3) is 0 Å². The van der Waals surface area contributed by atoms with Crippen molar-refractivity contribution in [2.24, 2.45) is 0 Å². The van der Waals surface area contributed by atoms with Crippen molar-refractivity contribution >= 4 is 0 Å². The van der Waals surface area contributed by atoms with Crippen LogP contribution in [0.4, 0.5) is 0 Å². The molecule has 0 N–H and O–H groups in total. The second-order valence-corrected chi connectivity index (χ2v) is 3.22. The van der Waals surface area contributed by atoms with Gasteiger partial charge in [0.05, 0.1) is 0 Å². The van der Waals surface area contributed by atoms with Gasteiger partial charge in [-0.05, 0) is 26.2 Å². The van der Waals surface area contributed by atoms with Crippen molar-refractivity contribution in [3.05, 3.63) is 35.9 Å². The molecular formula is C12H15N. The van der Waals surface area contributed by atoms with Crippen LogP contribution >= 0.6 is 0 Å². The summed E-state index contributed by atoms with van der Waals surface area (Å²) in [6.07, 6.45) is 0.932. The summed E-state index contributed by atoms with van der Waals surface area (Å²) in [5.41, 5.74) is 1.10. The summed E-state index contributed by atoms with van der Waals surface area (Å²) < 4.78 is 0. The van der Waals surface area contributed by atoms with Crippen molar-refractivity contribution < 1.29 is 0 Å². The molecule has 0 saturated heterocycles. The van der Waals surface area contributed by atoms with Crippen LogP contribution in [0, 0.1) is 11.8 Å². The molecule has 1 aromatic rings. The predicted molar refractivity (Wildman–Crippen MR) is 56.5 cm³/mol. The summed E-state index contributed by atoms with van der Waals surface area (Å²) >= 11 is 0. The van der Waals surface area contributed by atoms with Crippen LogP contribution in [0.5, 0.6) is 0 Å². The lowest BCUT2D eigenvalue weighted by atomic mass is 10.2. The number of benzene rings is 1. The van der Waals surface area contributed by atoms with Crippen molar-refractivity contribution in [2.45, 2.75) is 6.42 Å². The second kappa shape index (κ2) is 5.40. The summed E-state index contributed by atoms with van der Waals surface area (Å²) in [6.45, 7) is 1.03. The van der Waals surface area contributed by atoms with E-state index in [1.54, 1.807) is 0 Å². The molecule has 0 radical (unpaired) electrons. The van der Waals surface area contributed by atoms with Gasteiger partial charge in [-0.2, -0.15) is 0 Å². The van der Waals surface area contributed by atoms with Crippen LogP contribution in [-0.2, 0) is 0 Å². The zero-order valence-electron chi connectivity index (χ0n) is 8.25. The van der Waals surface area contributed by atoms with E-state index < -0.39 is 0 Å². The Bertz CT molecular complexity index is 290. The Balaban J connectivity index is 2.40. The van der Waals surface area contributed by atoms with E-state index in [-0.39, 0.29) is 0 Å². The summed E-state index contributed by atoms with van der Waals surface area (Å²) in [5, 5.41) is 0. The van der Waals surface area contributed by atoms with Crippen molar-refractivity contribution in [3.63, 3.8) is 0 Å². The molecule has 0 amide bonds. The van der Waals surface area contributed by atoms with Crippen molar-refractivity contribution in [1.82, 2.24) is 4.90 Å². The van der Waals surface area contributed by atoms with Crippen molar-refractivity contribution in [3.8, 4) is 11.8 Å². The average Bonchev–Trinajstić information content (AvgIpc) is 2.14. The molecule has 0 aromatic heterocycles. The molecule has 1 heteroatoms. The van der Waals surface area contributed by atoms with Gasteiger partial charge in [0.15, 0.2) is 0 Å². The molecule has 0 unspecified atom stereocenters. The Hall–Kier alpha value is -1.26. The van der Waals surface area contributed by atoms with E-state index in [1.165, 1.54) is 0 Å². The predicted octanol–water partition coefficient (Wildman–Crippen LogP) is 1.99. The summed E-state index contributed by atoms with van der Waals surface area (Å²) in [4.78, 5) is 2.14. The van der Waals surface area contributed by atoms with Gasteiger partial charge in [-0.3, -0.25) is 0 Å². The molecule has 1 aromatic carbocycles. The molecule has 13 heavy (non-hydrogen) atoms. The Morgan fingerprint density at radius 2 is 1.85 bits per heavy atom. The zero-order chi connectivity index (χ0) is 9.52. The minimum absolute atomic E-state index is 0.932. The van der Waals surface area contributed by atoms with Crippen LogP contribution in [0.25, 0.3) is 0 Å². The lowest BCUT2D eigenvalue weighted by molar-refractivity contribution is 0.420. The van der Waals surface area contributed by atoms with Crippen LogP contribution in [0.2, 0.25) is 0 Å². The van der Waals surface area contributed by atoms with Gasteiger partial charge < -0.3 is 4.90 Å². The molecule has 0 atom stereocenters. The van der Waals surface area contributed by atoms with Crippen molar-refractivity contribution in [1.29, 1.82) is 0 Å². The number of rotatable bonds is 2. The van der Waals surface area contributed by atoms with Gasteiger partial charge in [-0.15, -0.1) is 0 Å². The van der Waals surface area contributed by atoms with Gasteiger partial charge in [0.2, 0.25) is 0 Å². The molecule has 0 spiro atoms. The Labute approximate surface area is 80.4 Å². The largest absolute Gasteiger partial charge is 0.308 e. The molecule has 1 nitrogen and oxygen atoms in total. The highest BCUT2D eigenvalue weighted by Gasteiger charge is 1.85. The Morgan fingerprint density at radius 1 is 1.15 bits per heavy atom. The second-order valence-electron chi connectivity index (χ2n) is 3.22. The van der Waals surface area contributed by atoms with E-state index in [4.69, 9.17) is 0 Å². The van der Waals surface area contributed by atoms with E-state index >= 15 is 0 Å². The van der Waals surface area contributed by atoms with E-state index in [1.807, 2.05) is 30.3 Å². The SMILES string of the molecule is CN(C)CCC#Cc1ccccc1. The van der Waals surface area contributed by atoms with Crippen LogP contribution < -0.4 is 0 Å². The highest BCUT2D eigenvalue weighted by atomic mass is 15.0. The van der Waals surface area contributed by atoms with Crippen molar-refractivity contribution in [2.75, 3.05) is 20.6 Å². The third-order valence-electron chi connectivity index (χ3n) is 1.69. The fourth-order valence-corrected chi connectivity index (χ4v) is 0.966. The molecule has 0 aliphatic heterocycles. The van der Waals surface area contributed by atoms with Gasteiger partial charge >= 0.3 is 0 Å². The number of hydrogen-bond acceptors (Lipinski definition) is 1. The third-order valence-corrected chi connectivity index (χ3v) is 1.69. The molecule has 0 aliphatic carbocycles. The molecule has 0 heterocycles. The van der Waals surface area contributed by atoms with Gasteiger partial charge in [-0.25, -0.2) is 0 Å². The van der Waals surface area contributed by atoms with Gasteiger partial charge in [-0.1, -0.05) is 30.0 Å². The first-order valence-electron chi connectivity index (χ1n) is 4.47. The standard InChI is InChI=1S/C12H15N/c1-13(2)11-7-6-10-12-8-4-3-5-9-12/h3-5,8-9H,7,11H2,1-2H3. The molecule has 0 fully saturated rings. The molecule has 1 rings (SSSR count). The lowest BCUT2D eigenvalue weighted by Crippen LogP contribution is -2.11. The monoisotopic (exact) mass is 173 g/mol.